The molecular weight excluding hydrogens is 286 g/mol. The maximum atomic E-state index is 11.9. The second-order valence-electron chi connectivity index (χ2n) is 3.70. The minimum Gasteiger partial charge on any atom is -0.496 e. The van der Waals surface area contributed by atoms with E-state index in [0.29, 0.717) is 28.2 Å². The number of nitrogens with zero attached hydrogens (tertiary/aromatic N) is 2. The highest BCUT2D eigenvalue weighted by atomic mass is 32.2. The average molecular weight is 298 g/mol. The molecule has 0 aliphatic heterocycles. The molecule has 1 heterocycles. The van der Waals surface area contributed by atoms with Gasteiger partial charge in [0.1, 0.15) is 5.75 Å². The van der Waals surface area contributed by atoms with Crippen molar-refractivity contribution in [2.24, 2.45) is 0 Å². The molecule has 0 amide bonds. The highest BCUT2D eigenvalue weighted by molar-refractivity contribution is 7.99. The Hall–Kier alpha value is -1.89. The molecule has 1 aromatic carbocycles. The van der Waals surface area contributed by atoms with E-state index in [1.165, 1.54) is 11.8 Å². The first kappa shape index (κ1) is 14.5. The summed E-state index contributed by atoms with van der Waals surface area (Å²) in [5.74, 6) is 1.43. The first-order chi connectivity index (χ1) is 9.70. The van der Waals surface area contributed by atoms with E-state index in [4.69, 9.17) is 9.15 Å². The van der Waals surface area contributed by atoms with E-state index in [0.717, 1.165) is 6.08 Å². The summed E-state index contributed by atoms with van der Waals surface area (Å²) < 4.78 is 34.4. The number of allylic oxidation sites excluding steroid dienone is 1. The van der Waals surface area contributed by atoms with Gasteiger partial charge in [-0.3, -0.25) is 0 Å². The fraction of sp³-hybridized carbons (Fsp3) is 0.231. The Morgan fingerprint density at radius 2 is 2.15 bits per heavy atom. The van der Waals surface area contributed by atoms with Crippen LogP contribution >= 0.6 is 11.8 Å². The maximum Gasteiger partial charge on any atom is 0.276 e. The van der Waals surface area contributed by atoms with Crippen molar-refractivity contribution in [1.82, 2.24) is 10.2 Å². The molecule has 20 heavy (non-hydrogen) atoms. The van der Waals surface area contributed by atoms with E-state index in [-0.39, 0.29) is 6.42 Å². The molecule has 0 aliphatic carbocycles. The van der Waals surface area contributed by atoms with Crippen LogP contribution in [-0.2, 0) is 0 Å². The molecule has 4 nitrogen and oxygen atoms in total. The van der Waals surface area contributed by atoms with Crippen molar-refractivity contribution >= 4 is 11.8 Å². The number of benzene rings is 1. The van der Waals surface area contributed by atoms with Gasteiger partial charge < -0.3 is 9.15 Å². The molecule has 0 saturated heterocycles. The van der Waals surface area contributed by atoms with Crippen LogP contribution in [-0.4, -0.2) is 23.1 Å². The monoisotopic (exact) mass is 298 g/mol. The summed E-state index contributed by atoms with van der Waals surface area (Å²) in [4.78, 5) is 0. The van der Waals surface area contributed by atoms with Gasteiger partial charge >= 0.3 is 0 Å². The molecule has 2 aromatic rings. The number of para-hydroxylation sites is 1. The Morgan fingerprint density at radius 3 is 2.90 bits per heavy atom. The third-order valence-corrected chi connectivity index (χ3v) is 3.24. The van der Waals surface area contributed by atoms with Gasteiger partial charge in [-0.2, -0.15) is 8.78 Å². The lowest BCUT2D eigenvalue weighted by molar-refractivity contribution is 0.411. The van der Waals surface area contributed by atoms with E-state index in [9.17, 15) is 8.78 Å². The van der Waals surface area contributed by atoms with Crippen LogP contribution in [0.15, 0.2) is 46.1 Å². The quantitative estimate of drug-likeness (QED) is 0.595. The summed E-state index contributed by atoms with van der Waals surface area (Å²) >= 11 is 1.23. The Bertz CT molecular complexity index is 598. The summed E-state index contributed by atoms with van der Waals surface area (Å²) in [6.45, 7) is 0. The van der Waals surface area contributed by atoms with Crippen molar-refractivity contribution in [2.45, 2.75) is 11.6 Å². The fourth-order valence-corrected chi connectivity index (χ4v) is 2.16. The molecule has 7 heteroatoms. The van der Waals surface area contributed by atoms with Crippen molar-refractivity contribution in [1.29, 1.82) is 0 Å². The Morgan fingerprint density at radius 1 is 1.35 bits per heavy atom. The number of aromatic nitrogens is 2. The van der Waals surface area contributed by atoms with Crippen molar-refractivity contribution in [3.63, 3.8) is 0 Å². The SMILES string of the molecule is COc1ccccc1-c1nnc(SCCC=C(F)F)o1. The number of hydrogen-bond acceptors (Lipinski definition) is 5. The number of hydrogen-bond donors (Lipinski definition) is 0. The van der Waals surface area contributed by atoms with E-state index >= 15 is 0 Å². The molecule has 106 valence electrons. The number of methoxy groups -OCH3 is 1. The van der Waals surface area contributed by atoms with Gasteiger partial charge in [-0.15, -0.1) is 10.2 Å². The van der Waals surface area contributed by atoms with E-state index in [1.54, 1.807) is 13.2 Å². The predicted molar refractivity (Wildman–Crippen MR) is 71.9 cm³/mol. The number of halogens is 2. The molecule has 0 N–H and O–H groups in total. The van der Waals surface area contributed by atoms with E-state index < -0.39 is 6.08 Å². The third-order valence-electron chi connectivity index (χ3n) is 2.39. The van der Waals surface area contributed by atoms with E-state index in [2.05, 4.69) is 10.2 Å². The lowest BCUT2D eigenvalue weighted by Gasteiger charge is -2.03. The smallest absolute Gasteiger partial charge is 0.276 e. The fourth-order valence-electron chi connectivity index (χ4n) is 1.51. The zero-order valence-corrected chi connectivity index (χ0v) is 11.5. The highest BCUT2D eigenvalue weighted by Crippen LogP contribution is 2.30. The van der Waals surface area contributed by atoms with Crippen LogP contribution in [0.3, 0.4) is 0 Å². The van der Waals surface area contributed by atoms with Gasteiger partial charge in [-0.25, -0.2) is 0 Å². The van der Waals surface area contributed by atoms with Gasteiger partial charge in [-0.05, 0) is 24.6 Å². The predicted octanol–water partition coefficient (Wildman–Crippen LogP) is 4.01. The molecule has 0 radical (unpaired) electrons. The number of thioether (sulfide) groups is 1. The zero-order valence-electron chi connectivity index (χ0n) is 10.7. The van der Waals surface area contributed by atoms with Crippen LogP contribution in [0, 0.1) is 0 Å². The van der Waals surface area contributed by atoms with Crippen LogP contribution in [0.2, 0.25) is 0 Å². The van der Waals surface area contributed by atoms with Crippen LogP contribution in [0.1, 0.15) is 6.42 Å². The topological polar surface area (TPSA) is 48.2 Å². The van der Waals surface area contributed by atoms with Crippen LogP contribution in [0.25, 0.3) is 11.5 Å². The molecule has 0 unspecified atom stereocenters. The van der Waals surface area contributed by atoms with Gasteiger partial charge in [0.2, 0.25) is 0 Å². The van der Waals surface area contributed by atoms with Crippen LogP contribution < -0.4 is 4.74 Å². The number of rotatable bonds is 6. The van der Waals surface area contributed by atoms with Gasteiger partial charge in [-0.1, -0.05) is 23.9 Å². The zero-order chi connectivity index (χ0) is 14.4. The Kier molecular flexibility index (Phi) is 5.11. The molecular formula is C13H12F2N2O2S. The Balaban J connectivity index is 2.03. The van der Waals surface area contributed by atoms with Crippen molar-refractivity contribution in [2.75, 3.05) is 12.9 Å². The lowest BCUT2D eigenvalue weighted by atomic mass is 10.2. The molecule has 0 saturated carbocycles. The summed E-state index contributed by atoms with van der Waals surface area (Å²) in [6.07, 6.45) is -0.560. The van der Waals surface area contributed by atoms with Gasteiger partial charge in [0.25, 0.3) is 17.2 Å². The summed E-state index contributed by atoms with van der Waals surface area (Å²) in [5.41, 5.74) is 0.698. The minimum atomic E-state index is -1.68. The Labute approximate surface area is 118 Å². The molecule has 1 aromatic heterocycles. The number of ether oxygens (including phenoxy) is 1. The van der Waals surface area contributed by atoms with Crippen molar-refractivity contribution < 1.29 is 17.9 Å². The first-order valence-corrected chi connectivity index (χ1v) is 6.80. The summed E-state index contributed by atoms with van der Waals surface area (Å²) in [5, 5.41) is 8.14. The average Bonchev–Trinajstić information content (AvgIpc) is 2.92. The third kappa shape index (κ3) is 3.80. The van der Waals surface area contributed by atoms with Gasteiger partial charge in [0.05, 0.1) is 12.7 Å². The van der Waals surface area contributed by atoms with Crippen molar-refractivity contribution in [3.05, 3.63) is 36.4 Å². The summed E-state index contributed by atoms with van der Waals surface area (Å²) in [7, 11) is 1.56. The normalized spacial score (nSPS) is 10.3. The molecule has 0 aliphatic rings. The van der Waals surface area contributed by atoms with Gasteiger partial charge in [0, 0.05) is 5.75 Å². The lowest BCUT2D eigenvalue weighted by Crippen LogP contribution is -1.87. The minimum absolute atomic E-state index is 0.249. The largest absolute Gasteiger partial charge is 0.496 e. The first-order valence-electron chi connectivity index (χ1n) is 5.81. The van der Waals surface area contributed by atoms with E-state index in [1.807, 2.05) is 18.2 Å². The molecule has 0 atom stereocenters. The second kappa shape index (κ2) is 7.04. The second-order valence-corrected chi connectivity index (χ2v) is 4.75. The molecule has 0 fully saturated rings. The van der Waals surface area contributed by atoms with Crippen LogP contribution in [0.5, 0.6) is 5.75 Å². The molecule has 2 rings (SSSR count). The standard InChI is InChI=1S/C13H12F2N2O2S/c1-18-10-6-3-2-5-9(10)12-16-17-13(19-12)20-8-4-7-11(14)15/h2-3,5-7H,4,8H2,1H3. The molecule has 0 spiro atoms. The van der Waals surface area contributed by atoms with Gasteiger partial charge in [0.15, 0.2) is 0 Å². The van der Waals surface area contributed by atoms with Crippen LogP contribution in [0.4, 0.5) is 8.78 Å². The highest BCUT2D eigenvalue weighted by Gasteiger charge is 2.12. The van der Waals surface area contributed by atoms with Crippen molar-refractivity contribution in [3.8, 4) is 17.2 Å². The molecule has 0 bridgehead atoms. The summed E-state index contributed by atoms with van der Waals surface area (Å²) in [6, 6.07) is 7.28. The maximum absolute atomic E-state index is 11.9.